The summed E-state index contributed by atoms with van der Waals surface area (Å²) in [7, 11) is 0. The van der Waals surface area contributed by atoms with Crippen LogP contribution in [0.1, 0.15) is 6.42 Å². The molecule has 0 radical (unpaired) electrons. The Morgan fingerprint density at radius 1 is 1.36 bits per heavy atom. The van der Waals surface area contributed by atoms with E-state index in [1.165, 1.54) is 4.90 Å². The van der Waals surface area contributed by atoms with Crippen molar-refractivity contribution < 1.29 is 14.6 Å². The SMILES string of the molecule is O=C1OCCCN1c1ccccc1O. The molecule has 1 aromatic rings. The normalized spacial score (nSPS) is 16.6. The van der Waals surface area contributed by atoms with E-state index in [1.807, 2.05) is 0 Å². The van der Waals surface area contributed by atoms with Crippen LogP contribution in [0.25, 0.3) is 0 Å². The number of carbonyl (C=O) groups is 1. The fourth-order valence-electron chi connectivity index (χ4n) is 1.46. The highest BCUT2D eigenvalue weighted by molar-refractivity contribution is 5.89. The topological polar surface area (TPSA) is 49.8 Å². The van der Waals surface area contributed by atoms with Gasteiger partial charge in [0.1, 0.15) is 5.75 Å². The molecule has 1 amide bonds. The van der Waals surface area contributed by atoms with Gasteiger partial charge < -0.3 is 9.84 Å². The highest BCUT2D eigenvalue weighted by Crippen LogP contribution is 2.28. The maximum Gasteiger partial charge on any atom is 0.414 e. The van der Waals surface area contributed by atoms with Crippen LogP contribution in [-0.2, 0) is 4.74 Å². The van der Waals surface area contributed by atoms with Gasteiger partial charge in [-0.15, -0.1) is 0 Å². The van der Waals surface area contributed by atoms with Crippen molar-refractivity contribution in [2.45, 2.75) is 6.42 Å². The van der Waals surface area contributed by atoms with E-state index in [0.717, 1.165) is 6.42 Å². The van der Waals surface area contributed by atoms with Crippen LogP contribution in [0.4, 0.5) is 10.5 Å². The van der Waals surface area contributed by atoms with Gasteiger partial charge in [-0.05, 0) is 18.6 Å². The number of aromatic hydroxyl groups is 1. The molecule has 0 spiro atoms. The maximum atomic E-state index is 11.3. The summed E-state index contributed by atoms with van der Waals surface area (Å²) in [4.78, 5) is 12.8. The molecule has 0 atom stereocenters. The second kappa shape index (κ2) is 3.57. The fourth-order valence-corrected chi connectivity index (χ4v) is 1.46. The lowest BCUT2D eigenvalue weighted by atomic mass is 10.2. The predicted molar refractivity (Wildman–Crippen MR) is 51.4 cm³/mol. The Kier molecular flexibility index (Phi) is 2.26. The van der Waals surface area contributed by atoms with Gasteiger partial charge in [0.25, 0.3) is 0 Å². The first kappa shape index (κ1) is 8.87. The van der Waals surface area contributed by atoms with Crippen molar-refractivity contribution in [3.05, 3.63) is 24.3 Å². The summed E-state index contributed by atoms with van der Waals surface area (Å²) in [5, 5.41) is 9.53. The Balaban J connectivity index is 2.29. The van der Waals surface area contributed by atoms with Gasteiger partial charge in [-0.2, -0.15) is 0 Å². The average Bonchev–Trinajstić information content (AvgIpc) is 2.20. The Hall–Kier alpha value is -1.71. The van der Waals surface area contributed by atoms with Crippen molar-refractivity contribution in [1.29, 1.82) is 0 Å². The lowest BCUT2D eigenvalue weighted by Gasteiger charge is -2.26. The molecule has 1 aromatic carbocycles. The lowest BCUT2D eigenvalue weighted by molar-refractivity contribution is 0.140. The average molecular weight is 193 g/mol. The van der Waals surface area contributed by atoms with Gasteiger partial charge in [-0.25, -0.2) is 4.79 Å². The Bertz CT molecular complexity index is 351. The zero-order valence-electron chi connectivity index (χ0n) is 7.64. The monoisotopic (exact) mass is 193 g/mol. The van der Waals surface area contributed by atoms with Gasteiger partial charge in [0.15, 0.2) is 0 Å². The molecule has 0 aliphatic carbocycles. The summed E-state index contributed by atoms with van der Waals surface area (Å²) >= 11 is 0. The highest BCUT2D eigenvalue weighted by atomic mass is 16.6. The molecule has 0 aromatic heterocycles. The number of benzene rings is 1. The number of cyclic esters (lactones) is 1. The third kappa shape index (κ3) is 1.51. The zero-order chi connectivity index (χ0) is 9.97. The minimum Gasteiger partial charge on any atom is -0.506 e. The van der Waals surface area contributed by atoms with Crippen molar-refractivity contribution in [1.82, 2.24) is 0 Å². The van der Waals surface area contributed by atoms with Crippen LogP contribution in [0.3, 0.4) is 0 Å². The van der Waals surface area contributed by atoms with Crippen LogP contribution >= 0.6 is 0 Å². The van der Waals surface area contributed by atoms with Crippen molar-refractivity contribution in [3.63, 3.8) is 0 Å². The minimum atomic E-state index is -0.391. The van der Waals surface area contributed by atoms with Gasteiger partial charge in [0.2, 0.25) is 0 Å². The molecule has 4 heteroatoms. The molecule has 2 rings (SSSR count). The smallest absolute Gasteiger partial charge is 0.414 e. The van der Waals surface area contributed by atoms with Crippen LogP contribution < -0.4 is 4.90 Å². The molecule has 1 N–H and O–H groups in total. The minimum absolute atomic E-state index is 0.103. The largest absolute Gasteiger partial charge is 0.506 e. The van der Waals surface area contributed by atoms with Crippen LogP contribution in [-0.4, -0.2) is 24.4 Å². The molecule has 14 heavy (non-hydrogen) atoms. The first-order valence-corrected chi connectivity index (χ1v) is 4.51. The number of hydrogen-bond acceptors (Lipinski definition) is 3. The van der Waals surface area contributed by atoms with E-state index in [0.29, 0.717) is 18.8 Å². The number of carbonyl (C=O) groups excluding carboxylic acids is 1. The van der Waals surface area contributed by atoms with Crippen molar-refractivity contribution in [3.8, 4) is 5.75 Å². The number of phenols is 1. The number of amides is 1. The van der Waals surface area contributed by atoms with Gasteiger partial charge in [0, 0.05) is 6.54 Å². The molecule has 1 aliphatic heterocycles. The molecule has 0 bridgehead atoms. The summed E-state index contributed by atoms with van der Waals surface area (Å²) in [5.41, 5.74) is 0.511. The first-order valence-electron chi connectivity index (χ1n) is 4.51. The fraction of sp³-hybridized carbons (Fsp3) is 0.300. The number of phenolic OH excluding ortho intramolecular Hbond substituents is 1. The zero-order valence-corrected chi connectivity index (χ0v) is 7.64. The number of nitrogens with zero attached hydrogens (tertiary/aromatic N) is 1. The molecule has 1 heterocycles. The second-order valence-corrected chi connectivity index (χ2v) is 3.11. The number of anilines is 1. The van der Waals surface area contributed by atoms with Crippen LogP contribution in [0.2, 0.25) is 0 Å². The lowest BCUT2D eigenvalue weighted by Crippen LogP contribution is -2.37. The van der Waals surface area contributed by atoms with E-state index in [1.54, 1.807) is 24.3 Å². The van der Waals surface area contributed by atoms with E-state index in [-0.39, 0.29) is 5.75 Å². The summed E-state index contributed by atoms with van der Waals surface area (Å²) in [6.45, 7) is 1.05. The molecule has 4 nitrogen and oxygen atoms in total. The third-order valence-corrected chi connectivity index (χ3v) is 2.14. The summed E-state index contributed by atoms with van der Waals surface area (Å²) in [5.74, 6) is 0.103. The van der Waals surface area contributed by atoms with Crippen molar-refractivity contribution >= 4 is 11.8 Å². The Labute approximate surface area is 81.7 Å². The number of ether oxygens (including phenoxy) is 1. The number of hydrogen-bond donors (Lipinski definition) is 1. The van der Waals surface area contributed by atoms with Gasteiger partial charge in [-0.3, -0.25) is 4.90 Å². The molecular formula is C10H11NO3. The summed E-state index contributed by atoms with van der Waals surface area (Å²) in [6.07, 6.45) is 0.401. The maximum absolute atomic E-state index is 11.3. The van der Waals surface area contributed by atoms with Crippen LogP contribution in [0, 0.1) is 0 Å². The van der Waals surface area contributed by atoms with Gasteiger partial charge in [-0.1, -0.05) is 12.1 Å². The quantitative estimate of drug-likeness (QED) is 0.739. The van der Waals surface area contributed by atoms with Gasteiger partial charge >= 0.3 is 6.09 Å². The first-order chi connectivity index (χ1) is 6.79. The van der Waals surface area contributed by atoms with Crippen LogP contribution in [0.15, 0.2) is 24.3 Å². The summed E-state index contributed by atoms with van der Waals surface area (Å²) in [6, 6.07) is 6.74. The van der Waals surface area contributed by atoms with E-state index < -0.39 is 6.09 Å². The molecule has 0 saturated carbocycles. The van der Waals surface area contributed by atoms with E-state index in [2.05, 4.69) is 0 Å². The van der Waals surface area contributed by atoms with Gasteiger partial charge in [0.05, 0.1) is 12.3 Å². The van der Waals surface area contributed by atoms with Crippen LogP contribution in [0.5, 0.6) is 5.75 Å². The second-order valence-electron chi connectivity index (χ2n) is 3.11. The molecule has 1 fully saturated rings. The molecule has 0 unspecified atom stereocenters. The molecule has 1 saturated heterocycles. The predicted octanol–water partition coefficient (Wildman–Crippen LogP) is 1.74. The standard InChI is InChI=1S/C10H11NO3/c12-9-5-2-1-4-8(9)11-6-3-7-14-10(11)13/h1-2,4-5,12H,3,6-7H2. The Morgan fingerprint density at radius 3 is 2.86 bits per heavy atom. The van der Waals surface area contributed by atoms with E-state index in [4.69, 9.17) is 4.74 Å². The summed E-state index contributed by atoms with van der Waals surface area (Å²) < 4.78 is 4.88. The third-order valence-electron chi connectivity index (χ3n) is 2.14. The number of para-hydroxylation sites is 2. The van der Waals surface area contributed by atoms with E-state index in [9.17, 15) is 9.90 Å². The van der Waals surface area contributed by atoms with E-state index >= 15 is 0 Å². The van der Waals surface area contributed by atoms with Crippen molar-refractivity contribution in [2.75, 3.05) is 18.1 Å². The molecular weight excluding hydrogens is 182 g/mol. The molecule has 1 aliphatic rings. The van der Waals surface area contributed by atoms with Crippen molar-refractivity contribution in [2.24, 2.45) is 0 Å². The number of rotatable bonds is 1. The highest BCUT2D eigenvalue weighted by Gasteiger charge is 2.22. The molecule has 74 valence electrons. The Morgan fingerprint density at radius 2 is 2.14 bits per heavy atom.